The van der Waals surface area contributed by atoms with E-state index in [1.54, 1.807) is 13.8 Å². The van der Waals surface area contributed by atoms with Crippen molar-refractivity contribution in [3.63, 3.8) is 0 Å². The first-order chi connectivity index (χ1) is 9.77. The quantitative estimate of drug-likeness (QED) is 0.639. The van der Waals surface area contributed by atoms with Crippen molar-refractivity contribution in [3.8, 4) is 0 Å². The molecule has 0 heterocycles. The number of carbonyl (C=O) groups excluding carboxylic acids is 1. The molecule has 1 N–H and O–H groups in total. The number of rotatable bonds is 6. The lowest BCUT2D eigenvalue weighted by molar-refractivity contribution is -0.385. The van der Waals surface area contributed by atoms with E-state index in [-0.39, 0.29) is 18.1 Å². The Morgan fingerprint density at radius 1 is 1.43 bits per heavy atom. The summed E-state index contributed by atoms with van der Waals surface area (Å²) in [5.41, 5.74) is 0.666. The number of carboxylic acid groups (broad SMARTS) is 1. The van der Waals surface area contributed by atoms with Crippen LogP contribution in [0.2, 0.25) is 0 Å². The fourth-order valence-electron chi connectivity index (χ4n) is 1.94. The lowest BCUT2D eigenvalue weighted by Crippen LogP contribution is -2.36. The van der Waals surface area contributed by atoms with Crippen LogP contribution in [0.4, 0.5) is 5.69 Å². The van der Waals surface area contributed by atoms with Crippen molar-refractivity contribution in [2.24, 2.45) is 5.92 Å². The molecular formula is C14H18N2O5. The summed E-state index contributed by atoms with van der Waals surface area (Å²) in [6, 6.07) is 4.13. The zero-order chi connectivity index (χ0) is 16.2. The lowest BCUT2D eigenvalue weighted by Gasteiger charge is -2.23. The molecule has 1 amide bonds. The molecule has 0 aliphatic heterocycles. The van der Waals surface area contributed by atoms with Gasteiger partial charge in [-0.05, 0) is 26.0 Å². The second-order valence-corrected chi connectivity index (χ2v) is 4.84. The third kappa shape index (κ3) is 4.01. The number of hydrogen-bond donors (Lipinski definition) is 1. The van der Waals surface area contributed by atoms with Crippen molar-refractivity contribution < 1.29 is 19.6 Å². The number of amides is 1. The fraction of sp³-hybridized carbons (Fsp3) is 0.429. The molecule has 0 aliphatic rings. The summed E-state index contributed by atoms with van der Waals surface area (Å²) < 4.78 is 0. The molecular weight excluding hydrogens is 276 g/mol. The van der Waals surface area contributed by atoms with Crippen LogP contribution in [-0.4, -0.2) is 39.9 Å². The minimum Gasteiger partial charge on any atom is -0.481 e. The Morgan fingerprint density at radius 2 is 2.05 bits per heavy atom. The van der Waals surface area contributed by atoms with Gasteiger partial charge in [-0.1, -0.05) is 6.92 Å². The average molecular weight is 294 g/mol. The van der Waals surface area contributed by atoms with Gasteiger partial charge in [-0.15, -0.1) is 0 Å². The number of aliphatic carboxylic acids is 1. The lowest BCUT2D eigenvalue weighted by atomic mass is 10.1. The highest BCUT2D eigenvalue weighted by atomic mass is 16.6. The zero-order valence-electron chi connectivity index (χ0n) is 12.2. The normalized spacial score (nSPS) is 11.8. The Bertz CT molecular complexity index is 570. The van der Waals surface area contributed by atoms with Gasteiger partial charge in [0, 0.05) is 30.3 Å². The largest absolute Gasteiger partial charge is 0.481 e. The maximum Gasteiger partial charge on any atom is 0.308 e. The van der Waals surface area contributed by atoms with Gasteiger partial charge in [-0.2, -0.15) is 0 Å². The van der Waals surface area contributed by atoms with Crippen LogP contribution in [0.5, 0.6) is 0 Å². The van der Waals surface area contributed by atoms with E-state index in [1.807, 2.05) is 0 Å². The van der Waals surface area contributed by atoms with Gasteiger partial charge < -0.3 is 10.0 Å². The molecule has 0 saturated heterocycles. The molecule has 0 radical (unpaired) electrons. The summed E-state index contributed by atoms with van der Waals surface area (Å²) in [4.78, 5) is 34.9. The van der Waals surface area contributed by atoms with E-state index in [1.165, 1.54) is 30.0 Å². The molecule has 0 bridgehead atoms. The Balaban J connectivity index is 2.98. The van der Waals surface area contributed by atoms with E-state index in [2.05, 4.69) is 0 Å². The van der Waals surface area contributed by atoms with Crippen molar-refractivity contribution >= 4 is 17.6 Å². The average Bonchev–Trinajstić information content (AvgIpc) is 2.42. The second kappa shape index (κ2) is 6.83. The number of nitrogens with zero attached hydrogens (tertiary/aromatic N) is 2. The highest BCUT2D eigenvalue weighted by Crippen LogP contribution is 2.20. The number of nitro groups is 1. The topological polar surface area (TPSA) is 101 Å². The molecule has 1 unspecified atom stereocenters. The number of hydrogen-bond acceptors (Lipinski definition) is 4. The third-order valence-corrected chi connectivity index (χ3v) is 3.23. The molecule has 1 aromatic carbocycles. The van der Waals surface area contributed by atoms with E-state index < -0.39 is 16.8 Å². The van der Waals surface area contributed by atoms with Gasteiger partial charge in [0.15, 0.2) is 0 Å². The molecule has 0 aliphatic carbocycles. The Labute approximate surface area is 122 Å². The van der Waals surface area contributed by atoms with Gasteiger partial charge in [-0.3, -0.25) is 19.7 Å². The maximum absolute atomic E-state index is 12.3. The van der Waals surface area contributed by atoms with Gasteiger partial charge in [0.05, 0.1) is 10.8 Å². The predicted octanol–water partition coefficient (Wildman–Crippen LogP) is 2.09. The summed E-state index contributed by atoms with van der Waals surface area (Å²) in [5, 5.41) is 19.7. The van der Waals surface area contributed by atoms with E-state index in [0.29, 0.717) is 17.7 Å². The summed E-state index contributed by atoms with van der Waals surface area (Å²) in [6.45, 7) is 5.31. The number of carboxylic acids is 1. The first kappa shape index (κ1) is 16.6. The zero-order valence-corrected chi connectivity index (χ0v) is 12.2. The predicted molar refractivity (Wildman–Crippen MR) is 76.2 cm³/mol. The monoisotopic (exact) mass is 294 g/mol. The summed E-state index contributed by atoms with van der Waals surface area (Å²) in [5.74, 6) is -1.97. The summed E-state index contributed by atoms with van der Waals surface area (Å²) >= 11 is 0. The molecule has 0 saturated carbocycles. The van der Waals surface area contributed by atoms with E-state index in [4.69, 9.17) is 5.11 Å². The molecule has 0 aromatic heterocycles. The highest BCUT2D eigenvalue weighted by Gasteiger charge is 2.21. The van der Waals surface area contributed by atoms with Gasteiger partial charge in [-0.25, -0.2) is 0 Å². The summed E-state index contributed by atoms with van der Waals surface area (Å²) in [7, 11) is 0. The third-order valence-electron chi connectivity index (χ3n) is 3.23. The van der Waals surface area contributed by atoms with E-state index >= 15 is 0 Å². The number of nitro benzene ring substituents is 1. The molecule has 1 atom stereocenters. The van der Waals surface area contributed by atoms with Crippen LogP contribution in [0.3, 0.4) is 0 Å². The Kier molecular flexibility index (Phi) is 5.40. The molecule has 7 heteroatoms. The Morgan fingerprint density at radius 3 is 2.48 bits per heavy atom. The van der Waals surface area contributed by atoms with E-state index in [0.717, 1.165) is 0 Å². The molecule has 7 nitrogen and oxygen atoms in total. The van der Waals surface area contributed by atoms with Crippen LogP contribution in [-0.2, 0) is 4.79 Å². The van der Waals surface area contributed by atoms with Gasteiger partial charge in [0.1, 0.15) is 0 Å². The van der Waals surface area contributed by atoms with Crippen LogP contribution in [0.25, 0.3) is 0 Å². The minimum absolute atomic E-state index is 0.0477. The maximum atomic E-state index is 12.3. The molecule has 114 valence electrons. The molecule has 21 heavy (non-hydrogen) atoms. The van der Waals surface area contributed by atoms with Gasteiger partial charge in [0.2, 0.25) is 0 Å². The van der Waals surface area contributed by atoms with Crippen molar-refractivity contribution in [2.45, 2.75) is 20.8 Å². The van der Waals surface area contributed by atoms with E-state index in [9.17, 15) is 19.7 Å². The van der Waals surface area contributed by atoms with Crippen LogP contribution in [0, 0.1) is 23.0 Å². The number of carbonyl (C=O) groups is 2. The van der Waals surface area contributed by atoms with Crippen molar-refractivity contribution in [3.05, 3.63) is 39.4 Å². The first-order valence-corrected chi connectivity index (χ1v) is 6.55. The van der Waals surface area contributed by atoms with Crippen LogP contribution in [0.15, 0.2) is 18.2 Å². The van der Waals surface area contributed by atoms with Gasteiger partial charge >= 0.3 is 5.97 Å². The smallest absolute Gasteiger partial charge is 0.308 e. The van der Waals surface area contributed by atoms with Crippen molar-refractivity contribution in [2.75, 3.05) is 13.1 Å². The Hall–Kier alpha value is -2.44. The number of aryl methyl sites for hydroxylation is 1. The van der Waals surface area contributed by atoms with Crippen molar-refractivity contribution in [1.29, 1.82) is 0 Å². The standard InChI is InChI=1S/C14H18N2O5/c1-4-15(8-10(3)14(18)19)13(17)11-5-6-12(16(20)21)9(2)7-11/h5-7,10H,4,8H2,1-3H3,(H,18,19). The van der Waals surface area contributed by atoms with Crippen molar-refractivity contribution in [1.82, 2.24) is 4.90 Å². The molecule has 0 spiro atoms. The summed E-state index contributed by atoms with van der Waals surface area (Å²) in [6.07, 6.45) is 0. The second-order valence-electron chi connectivity index (χ2n) is 4.84. The highest BCUT2D eigenvalue weighted by molar-refractivity contribution is 5.95. The van der Waals surface area contributed by atoms with Crippen LogP contribution >= 0.6 is 0 Å². The van der Waals surface area contributed by atoms with Crippen LogP contribution < -0.4 is 0 Å². The molecule has 1 aromatic rings. The number of benzene rings is 1. The van der Waals surface area contributed by atoms with Crippen LogP contribution in [0.1, 0.15) is 29.8 Å². The van der Waals surface area contributed by atoms with Gasteiger partial charge in [0.25, 0.3) is 11.6 Å². The fourth-order valence-corrected chi connectivity index (χ4v) is 1.94. The molecule has 1 rings (SSSR count). The molecule has 0 fully saturated rings. The SMILES string of the molecule is CCN(CC(C)C(=O)O)C(=O)c1ccc([N+](=O)[O-])c(C)c1. The minimum atomic E-state index is -0.971. The first-order valence-electron chi connectivity index (χ1n) is 6.55.